The predicted molar refractivity (Wildman–Crippen MR) is 90.0 cm³/mol. The lowest BCUT2D eigenvalue weighted by atomic mass is 10.0. The summed E-state index contributed by atoms with van der Waals surface area (Å²) in [6, 6.07) is 17.1. The first-order valence-corrected chi connectivity index (χ1v) is 7.64. The number of anilines is 1. The third-order valence-corrected chi connectivity index (χ3v) is 3.81. The van der Waals surface area contributed by atoms with E-state index in [9.17, 15) is 0 Å². The number of hydrogen-bond donors (Lipinski definition) is 1. The smallest absolute Gasteiger partial charge is 0.0426 e. The predicted octanol–water partition coefficient (Wildman–Crippen LogP) is 3.98. The molecule has 20 heavy (non-hydrogen) atoms. The molecule has 0 amide bonds. The zero-order valence-corrected chi connectivity index (χ0v) is 13.6. The molecule has 2 N–H and O–H groups in total. The van der Waals surface area contributed by atoms with Crippen molar-refractivity contribution >= 4 is 21.6 Å². The molecule has 0 bridgehead atoms. The van der Waals surface area contributed by atoms with Gasteiger partial charge in [0.2, 0.25) is 0 Å². The van der Waals surface area contributed by atoms with Gasteiger partial charge in [-0.25, -0.2) is 0 Å². The van der Waals surface area contributed by atoms with Crippen molar-refractivity contribution in [2.24, 2.45) is 5.73 Å². The fourth-order valence-corrected chi connectivity index (χ4v) is 2.62. The summed E-state index contributed by atoms with van der Waals surface area (Å²) in [7, 11) is 2.13. The summed E-state index contributed by atoms with van der Waals surface area (Å²) in [5.41, 5.74) is 9.80. The number of halogens is 1. The second kappa shape index (κ2) is 6.91. The van der Waals surface area contributed by atoms with Crippen LogP contribution in [0.15, 0.2) is 53.0 Å². The SMILES string of the molecule is CC(N)Cc1ccccc1N(C)Cc1ccc(Br)cc1. The first-order valence-electron chi connectivity index (χ1n) is 6.85. The first-order chi connectivity index (χ1) is 9.56. The summed E-state index contributed by atoms with van der Waals surface area (Å²) in [5, 5.41) is 0. The molecule has 0 heterocycles. The van der Waals surface area contributed by atoms with Gasteiger partial charge in [-0.2, -0.15) is 0 Å². The lowest BCUT2D eigenvalue weighted by molar-refractivity contribution is 0.734. The average Bonchev–Trinajstić information content (AvgIpc) is 2.41. The minimum absolute atomic E-state index is 0.178. The van der Waals surface area contributed by atoms with Gasteiger partial charge in [0.25, 0.3) is 0 Å². The van der Waals surface area contributed by atoms with Gasteiger partial charge in [-0.3, -0.25) is 0 Å². The van der Waals surface area contributed by atoms with E-state index in [1.54, 1.807) is 0 Å². The second-order valence-electron chi connectivity index (χ2n) is 5.29. The molecule has 0 spiro atoms. The van der Waals surface area contributed by atoms with Gasteiger partial charge in [0, 0.05) is 29.8 Å². The molecule has 2 aromatic rings. The molecule has 2 nitrogen and oxygen atoms in total. The van der Waals surface area contributed by atoms with Gasteiger partial charge in [0.15, 0.2) is 0 Å². The van der Waals surface area contributed by atoms with Gasteiger partial charge in [-0.1, -0.05) is 46.3 Å². The molecule has 0 radical (unpaired) electrons. The minimum Gasteiger partial charge on any atom is -0.370 e. The molecule has 106 valence electrons. The van der Waals surface area contributed by atoms with E-state index in [1.807, 2.05) is 6.92 Å². The molecular weight excluding hydrogens is 312 g/mol. The Balaban J connectivity index is 2.16. The first kappa shape index (κ1) is 15.1. The summed E-state index contributed by atoms with van der Waals surface area (Å²) < 4.78 is 1.11. The van der Waals surface area contributed by atoms with Crippen molar-refractivity contribution < 1.29 is 0 Å². The third-order valence-electron chi connectivity index (χ3n) is 3.28. The van der Waals surface area contributed by atoms with Crippen LogP contribution < -0.4 is 10.6 Å². The Labute approximate surface area is 129 Å². The van der Waals surface area contributed by atoms with E-state index in [0.29, 0.717) is 0 Å². The summed E-state index contributed by atoms with van der Waals surface area (Å²) in [4.78, 5) is 2.28. The van der Waals surface area contributed by atoms with Crippen LogP contribution in [0.4, 0.5) is 5.69 Å². The Morgan fingerprint density at radius 3 is 2.40 bits per heavy atom. The van der Waals surface area contributed by atoms with Crippen LogP contribution in [0.2, 0.25) is 0 Å². The molecule has 0 saturated heterocycles. The Morgan fingerprint density at radius 1 is 1.10 bits per heavy atom. The quantitative estimate of drug-likeness (QED) is 0.897. The van der Waals surface area contributed by atoms with Gasteiger partial charge in [0.1, 0.15) is 0 Å². The standard InChI is InChI=1S/C17H21BrN2/c1-13(19)11-15-5-3-4-6-17(15)20(2)12-14-7-9-16(18)10-8-14/h3-10,13H,11-12,19H2,1-2H3. The molecular formula is C17H21BrN2. The van der Waals surface area contributed by atoms with Crippen LogP contribution in [0, 0.1) is 0 Å². The Bertz CT molecular complexity index is 549. The molecule has 3 heteroatoms. The molecule has 0 fully saturated rings. The number of nitrogens with zero attached hydrogens (tertiary/aromatic N) is 1. The van der Waals surface area contributed by atoms with Gasteiger partial charge in [0.05, 0.1) is 0 Å². The Kier molecular flexibility index (Phi) is 5.21. The number of hydrogen-bond acceptors (Lipinski definition) is 2. The van der Waals surface area contributed by atoms with Crippen LogP contribution in [0.1, 0.15) is 18.1 Å². The van der Waals surface area contributed by atoms with Crippen molar-refractivity contribution in [3.63, 3.8) is 0 Å². The molecule has 1 atom stereocenters. The van der Waals surface area contributed by atoms with Crippen molar-refractivity contribution in [1.82, 2.24) is 0 Å². The Morgan fingerprint density at radius 2 is 1.75 bits per heavy atom. The number of nitrogens with two attached hydrogens (primary N) is 1. The highest BCUT2D eigenvalue weighted by molar-refractivity contribution is 9.10. The van der Waals surface area contributed by atoms with Crippen molar-refractivity contribution in [2.45, 2.75) is 25.9 Å². The van der Waals surface area contributed by atoms with Crippen LogP contribution >= 0.6 is 15.9 Å². The second-order valence-corrected chi connectivity index (χ2v) is 6.21. The van der Waals surface area contributed by atoms with Gasteiger partial charge in [-0.15, -0.1) is 0 Å². The van der Waals surface area contributed by atoms with Gasteiger partial charge >= 0.3 is 0 Å². The average molecular weight is 333 g/mol. The molecule has 0 aliphatic rings. The monoisotopic (exact) mass is 332 g/mol. The van der Waals surface area contributed by atoms with E-state index in [-0.39, 0.29) is 6.04 Å². The molecule has 0 aliphatic heterocycles. The summed E-state index contributed by atoms with van der Waals surface area (Å²) in [6.07, 6.45) is 0.904. The third kappa shape index (κ3) is 4.09. The summed E-state index contributed by atoms with van der Waals surface area (Å²) in [6.45, 7) is 2.94. The van der Waals surface area contributed by atoms with Crippen molar-refractivity contribution in [1.29, 1.82) is 0 Å². The minimum atomic E-state index is 0.178. The van der Waals surface area contributed by atoms with E-state index < -0.39 is 0 Å². The van der Waals surface area contributed by atoms with Crippen molar-refractivity contribution in [3.05, 3.63) is 64.1 Å². The van der Waals surface area contributed by atoms with E-state index in [1.165, 1.54) is 16.8 Å². The molecule has 2 rings (SSSR count). The largest absolute Gasteiger partial charge is 0.370 e. The van der Waals surface area contributed by atoms with Crippen molar-refractivity contribution in [2.75, 3.05) is 11.9 Å². The molecule has 1 unspecified atom stereocenters. The van der Waals surface area contributed by atoms with Gasteiger partial charge < -0.3 is 10.6 Å². The number of rotatable bonds is 5. The zero-order valence-electron chi connectivity index (χ0n) is 12.0. The van der Waals surface area contributed by atoms with Crippen LogP contribution in [-0.2, 0) is 13.0 Å². The van der Waals surface area contributed by atoms with E-state index in [0.717, 1.165) is 17.4 Å². The normalized spacial score (nSPS) is 12.2. The highest BCUT2D eigenvalue weighted by Gasteiger charge is 2.09. The van der Waals surface area contributed by atoms with Crippen molar-refractivity contribution in [3.8, 4) is 0 Å². The number of para-hydroxylation sites is 1. The Hall–Kier alpha value is -1.32. The number of benzene rings is 2. The van der Waals surface area contributed by atoms with Crippen LogP contribution in [0.3, 0.4) is 0 Å². The van der Waals surface area contributed by atoms with Crippen LogP contribution in [-0.4, -0.2) is 13.1 Å². The topological polar surface area (TPSA) is 29.3 Å². The summed E-state index contributed by atoms with van der Waals surface area (Å²) >= 11 is 3.47. The fraction of sp³-hybridized carbons (Fsp3) is 0.294. The maximum absolute atomic E-state index is 5.94. The lowest BCUT2D eigenvalue weighted by Crippen LogP contribution is -2.22. The highest BCUT2D eigenvalue weighted by atomic mass is 79.9. The molecule has 0 saturated carbocycles. The van der Waals surface area contributed by atoms with E-state index in [4.69, 9.17) is 5.73 Å². The maximum Gasteiger partial charge on any atom is 0.0426 e. The summed E-state index contributed by atoms with van der Waals surface area (Å²) in [5.74, 6) is 0. The highest BCUT2D eigenvalue weighted by Crippen LogP contribution is 2.22. The molecule has 2 aromatic carbocycles. The van der Waals surface area contributed by atoms with Gasteiger partial charge in [-0.05, 0) is 42.7 Å². The van der Waals surface area contributed by atoms with Crippen LogP contribution in [0.5, 0.6) is 0 Å². The van der Waals surface area contributed by atoms with Crippen LogP contribution in [0.25, 0.3) is 0 Å². The maximum atomic E-state index is 5.94. The van der Waals surface area contributed by atoms with E-state index in [2.05, 4.69) is 76.4 Å². The van der Waals surface area contributed by atoms with E-state index >= 15 is 0 Å². The molecule has 0 aromatic heterocycles. The zero-order chi connectivity index (χ0) is 14.5. The molecule has 0 aliphatic carbocycles. The fourth-order valence-electron chi connectivity index (χ4n) is 2.35. The lowest BCUT2D eigenvalue weighted by Gasteiger charge is -2.23.